The fourth-order valence-corrected chi connectivity index (χ4v) is 1.36. The van der Waals surface area contributed by atoms with Crippen LogP contribution in [0.3, 0.4) is 0 Å². The van der Waals surface area contributed by atoms with Gasteiger partial charge >= 0.3 is 0 Å². The van der Waals surface area contributed by atoms with Crippen LogP contribution in [-0.2, 0) is 0 Å². The normalized spacial score (nSPS) is 28.6. The summed E-state index contributed by atoms with van der Waals surface area (Å²) in [6.45, 7) is 0. The van der Waals surface area contributed by atoms with Crippen LogP contribution in [0.1, 0.15) is 38.5 Å². The highest BCUT2D eigenvalue weighted by Crippen LogP contribution is 2.03. The van der Waals surface area contributed by atoms with E-state index in [1.165, 1.54) is 25.7 Å². The summed E-state index contributed by atoms with van der Waals surface area (Å²) >= 11 is 0. The Labute approximate surface area is 87.7 Å². The molecule has 0 atom stereocenters. The van der Waals surface area contributed by atoms with Gasteiger partial charge in [0, 0.05) is 0 Å². The van der Waals surface area contributed by atoms with Crippen molar-refractivity contribution in [3.8, 4) is 0 Å². The Kier molecular flexibility index (Phi) is 6.74. The van der Waals surface area contributed by atoms with E-state index < -0.39 is 0 Å². The van der Waals surface area contributed by atoms with Crippen LogP contribution < -0.4 is 0 Å². The minimum Gasteiger partial charge on any atom is -0.0885 e. The SMILES string of the molecule is [C]1=C/C=C\C=C\CC/C=C/CCCC/1. The van der Waals surface area contributed by atoms with Crippen LogP contribution in [0.5, 0.6) is 0 Å². The van der Waals surface area contributed by atoms with Crippen molar-refractivity contribution in [1.82, 2.24) is 0 Å². The molecular formula is C14H19. The van der Waals surface area contributed by atoms with Gasteiger partial charge in [0.25, 0.3) is 0 Å². The zero-order valence-electron chi connectivity index (χ0n) is 8.78. The second-order valence-corrected chi connectivity index (χ2v) is 3.48. The zero-order valence-corrected chi connectivity index (χ0v) is 8.78. The monoisotopic (exact) mass is 187 g/mol. The summed E-state index contributed by atoms with van der Waals surface area (Å²) in [7, 11) is 0. The number of hydrogen-bond acceptors (Lipinski definition) is 0. The van der Waals surface area contributed by atoms with Gasteiger partial charge in [-0.3, -0.25) is 0 Å². The molecule has 1 aliphatic rings. The van der Waals surface area contributed by atoms with Gasteiger partial charge in [-0.25, -0.2) is 0 Å². The zero-order chi connectivity index (χ0) is 9.90. The molecule has 1 radical (unpaired) electrons. The molecular weight excluding hydrogens is 168 g/mol. The van der Waals surface area contributed by atoms with Gasteiger partial charge in [-0.15, -0.1) is 0 Å². The third kappa shape index (κ3) is 6.47. The van der Waals surface area contributed by atoms with E-state index in [1.807, 2.05) is 6.08 Å². The van der Waals surface area contributed by atoms with E-state index in [4.69, 9.17) is 0 Å². The highest BCUT2D eigenvalue weighted by Gasteiger charge is 1.84. The molecule has 0 saturated heterocycles. The fourth-order valence-electron chi connectivity index (χ4n) is 1.36. The molecule has 0 aromatic rings. The molecule has 14 heavy (non-hydrogen) atoms. The summed E-state index contributed by atoms with van der Waals surface area (Å²) in [5.74, 6) is 0. The molecule has 0 aliphatic heterocycles. The van der Waals surface area contributed by atoms with Crippen LogP contribution in [0.2, 0.25) is 0 Å². The molecule has 0 bridgehead atoms. The van der Waals surface area contributed by atoms with Gasteiger partial charge in [0.2, 0.25) is 0 Å². The smallest absolute Gasteiger partial charge is 0.0276 e. The van der Waals surface area contributed by atoms with Crippen molar-refractivity contribution in [1.29, 1.82) is 0 Å². The fraction of sp³-hybridized carbons (Fsp3) is 0.429. The van der Waals surface area contributed by atoms with E-state index in [1.54, 1.807) is 0 Å². The van der Waals surface area contributed by atoms with Crippen molar-refractivity contribution in [3.63, 3.8) is 0 Å². The van der Waals surface area contributed by atoms with E-state index in [-0.39, 0.29) is 0 Å². The molecule has 1 aliphatic carbocycles. The first-order valence-electron chi connectivity index (χ1n) is 5.53. The Hall–Kier alpha value is -1.04. The Morgan fingerprint density at radius 3 is 2.57 bits per heavy atom. The quantitative estimate of drug-likeness (QED) is 0.494. The number of allylic oxidation sites excluding steroid dienone is 8. The van der Waals surface area contributed by atoms with Gasteiger partial charge in [-0.1, -0.05) is 42.5 Å². The van der Waals surface area contributed by atoms with Gasteiger partial charge in [0.1, 0.15) is 0 Å². The summed E-state index contributed by atoms with van der Waals surface area (Å²) < 4.78 is 0. The van der Waals surface area contributed by atoms with Crippen molar-refractivity contribution in [2.24, 2.45) is 0 Å². The van der Waals surface area contributed by atoms with Gasteiger partial charge in [0.15, 0.2) is 0 Å². The lowest BCUT2D eigenvalue weighted by Gasteiger charge is -1.93. The van der Waals surface area contributed by atoms with Crippen LogP contribution in [0.15, 0.2) is 42.5 Å². The minimum absolute atomic E-state index is 1.09. The lowest BCUT2D eigenvalue weighted by molar-refractivity contribution is 0.752. The lowest BCUT2D eigenvalue weighted by atomic mass is 10.1. The minimum atomic E-state index is 1.09. The first-order valence-corrected chi connectivity index (χ1v) is 5.53. The van der Waals surface area contributed by atoms with Gasteiger partial charge in [-0.2, -0.15) is 0 Å². The molecule has 0 saturated carbocycles. The Morgan fingerprint density at radius 2 is 1.57 bits per heavy atom. The topological polar surface area (TPSA) is 0 Å². The Balaban J connectivity index is 2.35. The Morgan fingerprint density at radius 1 is 0.714 bits per heavy atom. The van der Waals surface area contributed by atoms with Crippen LogP contribution in [-0.4, -0.2) is 0 Å². The van der Waals surface area contributed by atoms with Crippen molar-refractivity contribution in [2.75, 3.05) is 0 Å². The van der Waals surface area contributed by atoms with Crippen LogP contribution in [0, 0.1) is 6.08 Å². The molecule has 1 rings (SSSR count). The van der Waals surface area contributed by atoms with Crippen molar-refractivity contribution in [2.45, 2.75) is 38.5 Å². The molecule has 0 fully saturated rings. The summed E-state index contributed by atoms with van der Waals surface area (Å²) in [4.78, 5) is 0. The van der Waals surface area contributed by atoms with Crippen molar-refractivity contribution >= 4 is 0 Å². The highest BCUT2D eigenvalue weighted by molar-refractivity contribution is 5.09. The van der Waals surface area contributed by atoms with Crippen molar-refractivity contribution < 1.29 is 0 Å². The van der Waals surface area contributed by atoms with Crippen LogP contribution >= 0.6 is 0 Å². The van der Waals surface area contributed by atoms with Crippen LogP contribution in [0.4, 0.5) is 0 Å². The molecule has 0 spiro atoms. The standard InChI is InChI=1S/C14H19/c1-2-4-6-8-10-12-14-13-11-9-7-5-3-1/h1-5,10,12H,6,8-9,11,13-14H2/b3-1-,4-2+,7-5?,12-10+. The molecule has 0 aromatic carbocycles. The predicted octanol–water partition coefficient (Wildman–Crippen LogP) is 4.37. The molecule has 0 aromatic heterocycles. The lowest BCUT2D eigenvalue weighted by Crippen LogP contribution is -1.73. The summed E-state index contributed by atoms with van der Waals surface area (Å²) in [5, 5.41) is 0. The maximum absolute atomic E-state index is 3.27. The maximum atomic E-state index is 3.27. The second-order valence-electron chi connectivity index (χ2n) is 3.48. The van der Waals surface area contributed by atoms with E-state index >= 15 is 0 Å². The molecule has 0 N–H and O–H groups in total. The molecule has 0 heterocycles. The van der Waals surface area contributed by atoms with Gasteiger partial charge < -0.3 is 0 Å². The van der Waals surface area contributed by atoms with E-state index in [9.17, 15) is 0 Å². The predicted molar refractivity (Wildman–Crippen MR) is 62.9 cm³/mol. The second kappa shape index (κ2) is 8.55. The molecule has 75 valence electrons. The highest BCUT2D eigenvalue weighted by atomic mass is 13.9. The number of rotatable bonds is 0. The average molecular weight is 187 g/mol. The molecule has 0 nitrogen and oxygen atoms in total. The molecule has 0 heteroatoms. The van der Waals surface area contributed by atoms with E-state index in [0.717, 1.165) is 12.8 Å². The summed E-state index contributed by atoms with van der Waals surface area (Å²) in [6, 6.07) is 0. The van der Waals surface area contributed by atoms with E-state index in [0.29, 0.717) is 0 Å². The maximum Gasteiger partial charge on any atom is -0.0276 e. The Bertz CT molecular complexity index is 228. The largest absolute Gasteiger partial charge is 0.0885 e. The summed E-state index contributed by atoms with van der Waals surface area (Å²) in [6.07, 6.45) is 25.5. The molecule has 0 unspecified atom stereocenters. The van der Waals surface area contributed by atoms with Gasteiger partial charge in [-0.05, 0) is 44.6 Å². The first kappa shape index (κ1) is 11.0. The average Bonchev–Trinajstić information content (AvgIpc) is 2.22. The van der Waals surface area contributed by atoms with E-state index in [2.05, 4.69) is 42.5 Å². The number of hydrogen-bond donors (Lipinski definition) is 0. The van der Waals surface area contributed by atoms with Crippen molar-refractivity contribution in [3.05, 3.63) is 48.6 Å². The first-order chi connectivity index (χ1) is 7.00. The van der Waals surface area contributed by atoms with Gasteiger partial charge in [0.05, 0.1) is 0 Å². The third-order valence-electron chi connectivity index (χ3n) is 2.18. The van der Waals surface area contributed by atoms with Crippen LogP contribution in [0.25, 0.3) is 0 Å². The third-order valence-corrected chi connectivity index (χ3v) is 2.18. The molecule has 0 amide bonds. The summed E-state index contributed by atoms with van der Waals surface area (Å²) in [5.41, 5.74) is 0.